The molecule has 0 fully saturated rings. The monoisotopic (exact) mass is 419 g/mol. The number of primary amides is 1. The molecule has 1 aromatic carbocycles. The molecule has 0 spiro atoms. The molecule has 0 aliphatic heterocycles. The Bertz CT molecular complexity index is 822. The molecule has 4 N–H and O–H groups in total. The summed E-state index contributed by atoms with van der Waals surface area (Å²) in [5.41, 5.74) is 6.26. The summed E-state index contributed by atoms with van der Waals surface area (Å²) in [6.45, 7) is 6.59. The number of quaternary nitrogens is 1. The van der Waals surface area contributed by atoms with Crippen molar-refractivity contribution in [3.05, 3.63) is 41.7 Å². The fraction of sp³-hybridized carbons (Fsp3) is 0.500. The van der Waals surface area contributed by atoms with Crippen molar-refractivity contribution in [2.75, 3.05) is 14.1 Å². The third kappa shape index (κ3) is 6.04. The highest BCUT2D eigenvalue weighted by Crippen LogP contribution is 2.29. The van der Waals surface area contributed by atoms with Crippen LogP contribution in [-0.4, -0.2) is 46.0 Å². The third-order valence-corrected chi connectivity index (χ3v) is 6.21. The van der Waals surface area contributed by atoms with E-state index in [9.17, 15) is 9.59 Å². The lowest BCUT2D eigenvalue weighted by atomic mass is 10.1. The molecule has 3 amide bonds. The molecule has 9 heteroatoms. The molecule has 0 aliphatic carbocycles. The van der Waals surface area contributed by atoms with Crippen molar-refractivity contribution < 1.29 is 14.5 Å². The molecule has 0 radical (unpaired) electrons. The Morgan fingerprint density at radius 3 is 2.38 bits per heavy atom. The molecule has 0 saturated carbocycles. The smallest absolute Gasteiger partial charge is 0.318 e. The molecule has 158 valence electrons. The standard InChI is InChI=1S/C20H30N6O2S/c1-6-15(25(4)5)17-23-24-20(26(17)12-14-10-8-7-9-11-14)29-16(13(2)3)18(27)22-19(21)28/h7-11,13,15-16H,6,12H2,1-5H3,(H3,21,22,27,28)/p+1/t15-,16+/m0/s1. The number of nitrogens with zero attached hydrogens (tertiary/aromatic N) is 3. The average Bonchev–Trinajstić information content (AvgIpc) is 3.02. The Morgan fingerprint density at radius 1 is 1.21 bits per heavy atom. The summed E-state index contributed by atoms with van der Waals surface area (Å²) < 4.78 is 2.08. The van der Waals surface area contributed by atoms with Gasteiger partial charge in [0, 0.05) is 6.42 Å². The predicted octanol–water partition coefficient (Wildman–Crippen LogP) is 1.23. The molecular formula is C20H31N6O2S+. The number of benzene rings is 1. The molecule has 8 nitrogen and oxygen atoms in total. The van der Waals surface area contributed by atoms with Crippen LogP contribution in [-0.2, 0) is 11.3 Å². The van der Waals surface area contributed by atoms with Crippen LogP contribution in [0.1, 0.15) is 44.6 Å². The number of urea groups is 1. The Morgan fingerprint density at radius 2 is 1.86 bits per heavy atom. The van der Waals surface area contributed by atoms with Crippen molar-refractivity contribution in [1.82, 2.24) is 20.1 Å². The fourth-order valence-electron chi connectivity index (χ4n) is 3.21. The maximum absolute atomic E-state index is 12.5. The van der Waals surface area contributed by atoms with Gasteiger partial charge in [0.1, 0.15) is 6.04 Å². The predicted molar refractivity (Wildman–Crippen MR) is 114 cm³/mol. The maximum atomic E-state index is 12.5. The molecule has 2 rings (SSSR count). The number of carbonyl (C=O) groups is 2. The van der Waals surface area contributed by atoms with Crippen LogP contribution in [0.25, 0.3) is 0 Å². The summed E-state index contributed by atoms with van der Waals surface area (Å²) in [7, 11) is 4.19. The minimum Gasteiger partial charge on any atom is -0.351 e. The number of imide groups is 1. The lowest BCUT2D eigenvalue weighted by Gasteiger charge is -2.22. The van der Waals surface area contributed by atoms with Crippen molar-refractivity contribution in [2.45, 2.75) is 50.2 Å². The number of nitrogens with one attached hydrogen (secondary N) is 2. The van der Waals surface area contributed by atoms with Crippen LogP contribution in [0.15, 0.2) is 35.5 Å². The SMILES string of the molecule is CC[C@@H](c1nnc(S[C@@H](C(=O)NC(N)=O)C(C)C)n1Cc1ccccc1)[NH+](C)C. The zero-order chi connectivity index (χ0) is 21.6. The van der Waals surface area contributed by atoms with Gasteiger partial charge >= 0.3 is 6.03 Å². The number of aromatic nitrogens is 3. The number of carbonyl (C=O) groups excluding carboxylic acids is 2. The second kappa shape index (κ2) is 10.4. The van der Waals surface area contributed by atoms with Crippen molar-refractivity contribution in [3.63, 3.8) is 0 Å². The van der Waals surface area contributed by atoms with Crippen LogP contribution in [0.2, 0.25) is 0 Å². The van der Waals surface area contributed by atoms with Gasteiger partial charge in [0.15, 0.2) is 11.0 Å². The molecule has 0 aliphatic rings. The molecule has 29 heavy (non-hydrogen) atoms. The highest BCUT2D eigenvalue weighted by Gasteiger charge is 2.30. The van der Waals surface area contributed by atoms with Gasteiger partial charge in [-0.2, -0.15) is 0 Å². The molecule has 0 saturated heterocycles. The summed E-state index contributed by atoms with van der Waals surface area (Å²) in [6, 6.07) is 9.42. The van der Waals surface area contributed by atoms with Crippen LogP contribution >= 0.6 is 11.8 Å². The fourth-order valence-corrected chi connectivity index (χ4v) is 4.25. The molecule has 0 unspecified atom stereocenters. The van der Waals surface area contributed by atoms with Gasteiger partial charge in [0.05, 0.1) is 25.9 Å². The number of hydrogen-bond acceptors (Lipinski definition) is 5. The topological polar surface area (TPSA) is 107 Å². The summed E-state index contributed by atoms with van der Waals surface area (Å²) in [4.78, 5) is 24.9. The van der Waals surface area contributed by atoms with Crippen molar-refractivity contribution in [2.24, 2.45) is 11.7 Å². The first kappa shape index (κ1) is 22.9. The molecule has 2 atom stereocenters. The van der Waals surface area contributed by atoms with Crippen molar-refractivity contribution in [1.29, 1.82) is 0 Å². The first-order chi connectivity index (χ1) is 13.7. The molecule has 1 aromatic heterocycles. The Hall–Kier alpha value is -2.39. The Balaban J connectivity index is 2.43. The van der Waals surface area contributed by atoms with Gasteiger partial charge in [0.25, 0.3) is 0 Å². The quantitative estimate of drug-likeness (QED) is 0.530. The van der Waals surface area contributed by atoms with E-state index in [2.05, 4.69) is 53.2 Å². The third-order valence-electron chi connectivity index (χ3n) is 4.69. The first-order valence-corrected chi connectivity index (χ1v) is 10.7. The van der Waals surface area contributed by atoms with Gasteiger partial charge in [-0.05, 0) is 11.5 Å². The van der Waals surface area contributed by atoms with Gasteiger partial charge in [0.2, 0.25) is 5.91 Å². The molecule has 1 heterocycles. The minimum absolute atomic E-state index is 0.0221. The van der Waals surface area contributed by atoms with E-state index in [0.717, 1.165) is 17.8 Å². The lowest BCUT2D eigenvalue weighted by Crippen LogP contribution is -3.06. The zero-order valence-electron chi connectivity index (χ0n) is 17.7. The minimum atomic E-state index is -0.852. The second-order valence-corrected chi connectivity index (χ2v) is 8.70. The van der Waals surface area contributed by atoms with E-state index in [0.29, 0.717) is 11.7 Å². The molecule has 2 aromatic rings. The average molecular weight is 420 g/mol. The van der Waals surface area contributed by atoms with E-state index in [4.69, 9.17) is 5.73 Å². The maximum Gasteiger partial charge on any atom is 0.318 e. The first-order valence-electron chi connectivity index (χ1n) is 9.78. The normalized spacial score (nSPS) is 13.5. The van der Waals surface area contributed by atoms with E-state index in [-0.39, 0.29) is 12.0 Å². The van der Waals surface area contributed by atoms with Crippen LogP contribution in [0.4, 0.5) is 4.79 Å². The largest absolute Gasteiger partial charge is 0.351 e. The van der Waals surface area contributed by atoms with Crippen LogP contribution in [0.3, 0.4) is 0 Å². The number of rotatable bonds is 9. The van der Waals surface area contributed by atoms with Gasteiger partial charge < -0.3 is 10.6 Å². The van der Waals surface area contributed by atoms with E-state index in [1.54, 1.807) is 0 Å². The van der Waals surface area contributed by atoms with Crippen LogP contribution < -0.4 is 16.0 Å². The summed E-state index contributed by atoms with van der Waals surface area (Å²) in [6.07, 6.45) is 0.912. The summed E-state index contributed by atoms with van der Waals surface area (Å²) >= 11 is 1.31. The lowest BCUT2D eigenvalue weighted by molar-refractivity contribution is -0.893. The Kier molecular flexibility index (Phi) is 8.21. The van der Waals surface area contributed by atoms with Gasteiger partial charge in [-0.25, -0.2) is 4.79 Å². The van der Waals surface area contributed by atoms with E-state index in [1.807, 2.05) is 32.0 Å². The van der Waals surface area contributed by atoms with Crippen LogP contribution in [0, 0.1) is 5.92 Å². The number of thioether (sulfide) groups is 1. The highest BCUT2D eigenvalue weighted by atomic mass is 32.2. The molecule has 0 bridgehead atoms. The van der Waals surface area contributed by atoms with Gasteiger partial charge in [-0.1, -0.05) is 62.9 Å². The van der Waals surface area contributed by atoms with Crippen molar-refractivity contribution in [3.8, 4) is 0 Å². The van der Waals surface area contributed by atoms with Gasteiger partial charge in [-0.3, -0.25) is 14.7 Å². The number of amides is 3. The number of hydrogen-bond donors (Lipinski definition) is 3. The van der Waals surface area contributed by atoms with E-state index >= 15 is 0 Å². The van der Waals surface area contributed by atoms with Crippen molar-refractivity contribution >= 4 is 23.7 Å². The molecular weight excluding hydrogens is 388 g/mol. The summed E-state index contributed by atoms with van der Waals surface area (Å²) in [5.74, 6) is 0.446. The summed E-state index contributed by atoms with van der Waals surface area (Å²) in [5, 5.41) is 11.2. The highest BCUT2D eigenvalue weighted by molar-refractivity contribution is 8.00. The second-order valence-electron chi connectivity index (χ2n) is 7.59. The number of nitrogens with two attached hydrogens (primary N) is 1. The van der Waals surface area contributed by atoms with Gasteiger partial charge in [-0.15, -0.1) is 10.2 Å². The van der Waals surface area contributed by atoms with Crippen LogP contribution in [0.5, 0.6) is 0 Å². The Labute approximate surface area is 176 Å². The van der Waals surface area contributed by atoms with E-state index < -0.39 is 17.2 Å². The zero-order valence-corrected chi connectivity index (χ0v) is 18.5. The van der Waals surface area contributed by atoms with E-state index in [1.165, 1.54) is 16.7 Å².